The van der Waals surface area contributed by atoms with Gasteiger partial charge in [0.05, 0.1) is 28.6 Å². The van der Waals surface area contributed by atoms with Crippen molar-refractivity contribution in [2.24, 2.45) is 0 Å². The van der Waals surface area contributed by atoms with Crippen molar-refractivity contribution < 1.29 is 19.6 Å². The molecule has 2 aromatic carbocycles. The molecule has 5 rings (SSSR count). The van der Waals surface area contributed by atoms with Crippen LogP contribution in [-0.2, 0) is 11.3 Å². The Hall–Kier alpha value is -4.73. The third-order valence-corrected chi connectivity index (χ3v) is 7.38. The highest BCUT2D eigenvalue weighted by atomic mass is 16.6. The van der Waals surface area contributed by atoms with Crippen molar-refractivity contribution in [2.75, 3.05) is 5.32 Å². The zero-order valence-corrected chi connectivity index (χ0v) is 22.0. The number of nitrogens with zero attached hydrogens (tertiary/aromatic N) is 3. The number of carbonyl (C=O) groups excluding carboxylic acids is 1. The Labute approximate surface area is 231 Å². The molecule has 1 saturated carbocycles. The Morgan fingerprint density at radius 2 is 1.82 bits per heavy atom. The van der Waals surface area contributed by atoms with Crippen LogP contribution >= 0.6 is 0 Å². The number of carbonyl (C=O) groups is 2. The van der Waals surface area contributed by atoms with E-state index in [0.717, 1.165) is 42.8 Å². The molecule has 0 aliphatic heterocycles. The lowest BCUT2D eigenvalue weighted by Crippen LogP contribution is -2.30. The van der Waals surface area contributed by atoms with Gasteiger partial charge in [-0.2, -0.15) is 0 Å². The van der Waals surface area contributed by atoms with E-state index in [2.05, 4.69) is 10.6 Å². The van der Waals surface area contributed by atoms with Crippen LogP contribution in [0.5, 0.6) is 0 Å². The van der Waals surface area contributed by atoms with E-state index < -0.39 is 29.3 Å². The first kappa shape index (κ1) is 26.9. The number of aliphatic carboxylic acids is 1. The molecule has 1 aliphatic rings. The molecule has 1 amide bonds. The standard InChI is InChI=1S/C30H31N5O5/c36-26(37)18-25(22-13-7-14-23(17-22)35(39)40)32-30(38)24-15-8-16-34-28(24)33-27(21-11-5-2-6-12-21)29(34)31-19-20-9-3-1-4-10-20/h1,3-4,7-10,13-17,21,25,31H,2,5-6,11-12,18-19H2,(H,32,38)(H,36,37). The number of carboxylic acids is 1. The van der Waals surface area contributed by atoms with Crippen LogP contribution in [0.15, 0.2) is 72.9 Å². The summed E-state index contributed by atoms with van der Waals surface area (Å²) in [4.78, 5) is 41.0. The first-order valence-corrected chi connectivity index (χ1v) is 13.5. The van der Waals surface area contributed by atoms with Gasteiger partial charge in [0.15, 0.2) is 5.65 Å². The van der Waals surface area contributed by atoms with E-state index in [9.17, 15) is 24.8 Å². The van der Waals surface area contributed by atoms with Gasteiger partial charge in [0.2, 0.25) is 0 Å². The zero-order chi connectivity index (χ0) is 28.1. The van der Waals surface area contributed by atoms with E-state index in [4.69, 9.17) is 4.98 Å². The fraction of sp³-hybridized carbons (Fsp3) is 0.300. The van der Waals surface area contributed by atoms with Crippen LogP contribution in [0.3, 0.4) is 0 Å². The molecule has 4 aromatic rings. The smallest absolute Gasteiger partial charge is 0.305 e. The molecule has 1 aliphatic carbocycles. The molecular formula is C30H31N5O5. The fourth-order valence-electron chi connectivity index (χ4n) is 5.40. The highest BCUT2D eigenvalue weighted by Gasteiger charge is 2.27. The number of fused-ring (bicyclic) bond motifs is 1. The van der Waals surface area contributed by atoms with Crippen molar-refractivity contribution in [3.05, 3.63) is 105 Å². The van der Waals surface area contributed by atoms with E-state index in [1.165, 1.54) is 24.6 Å². The van der Waals surface area contributed by atoms with Gasteiger partial charge in [-0.05, 0) is 36.1 Å². The molecule has 1 atom stereocenters. The maximum atomic E-state index is 13.6. The van der Waals surface area contributed by atoms with Gasteiger partial charge in [0, 0.05) is 30.8 Å². The zero-order valence-electron chi connectivity index (χ0n) is 22.0. The first-order valence-electron chi connectivity index (χ1n) is 13.5. The average Bonchev–Trinajstić information content (AvgIpc) is 3.35. The largest absolute Gasteiger partial charge is 0.481 e. The van der Waals surface area contributed by atoms with Crippen molar-refractivity contribution in [1.82, 2.24) is 14.7 Å². The van der Waals surface area contributed by atoms with Crippen LogP contribution in [0, 0.1) is 10.1 Å². The summed E-state index contributed by atoms with van der Waals surface area (Å²) in [7, 11) is 0. The van der Waals surface area contributed by atoms with Crippen LogP contribution < -0.4 is 10.6 Å². The molecule has 2 aromatic heterocycles. The van der Waals surface area contributed by atoms with E-state index in [-0.39, 0.29) is 11.6 Å². The van der Waals surface area contributed by atoms with Crippen LogP contribution in [0.4, 0.5) is 11.5 Å². The summed E-state index contributed by atoms with van der Waals surface area (Å²) in [6.45, 7) is 0.595. The number of nitrogens with one attached hydrogen (secondary N) is 2. The number of rotatable bonds is 10. The van der Waals surface area contributed by atoms with E-state index in [1.807, 2.05) is 40.9 Å². The first-order chi connectivity index (χ1) is 19.4. The Morgan fingerprint density at radius 3 is 2.55 bits per heavy atom. The predicted molar refractivity (Wildman–Crippen MR) is 150 cm³/mol. The number of nitro groups is 1. The molecule has 1 fully saturated rings. The molecule has 10 heteroatoms. The third kappa shape index (κ3) is 5.96. The Balaban J connectivity index is 1.50. The van der Waals surface area contributed by atoms with E-state index in [0.29, 0.717) is 23.3 Å². The van der Waals surface area contributed by atoms with Gasteiger partial charge in [0.25, 0.3) is 11.6 Å². The minimum atomic E-state index is -1.14. The van der Waals surface area contributed by atoms with Gasteiger partial charge in [-0.3, -0.25) is 24.1 Å². The average molecular weight is 542 g/mol. The molecule has 0 saturated heterocycles. The van der Waals surface area contributed by atoms with Crippen LogP contribution in [0.1, 0.15) is 77.7 Å². The topological polar surface area (TPSA) is 139 Å². The fourth-order valence-corrected chi connectivity index (χ4v) is 5.40. The second-order valence-corrected chi connectivity index (χ2v) is 10.1. The number of benzene rings is 2. The Bertz CT molecular complexity index is 1530. The predicted octanol–water partition coefficient (Wildman–Crippen LogP) is 5.85. The highest BCUT2D eigenvalue weighted by molar-refractivity contribution is 6.00. The summed E-state index contributed by atoms with van der Waals surface area (Å²) in [5.41, 5.74) is 2.99. The molecular weight excluding hydrogens is 510 g/mol. The molecule has 3 N–H and O–H groups in total. The normalized spacial score (nSPS) is 14.5. The minimum absolute atomic E-state index is 0.177. The van der Waals surface area contributed by atoms with Gasteiger partial charge < -0.3 is 15.7 Å². The summed E-state index contributed by atoms with van der Waals surface area (Å²) < 4.78 is 1.89. The number of non-ortho nitro benzene ring substituents is 1. The molecule has 206 valence electrons. The summed E-state index contributed by atoms with van der Waals surface area (Å²) >= 11 is 0. The lowest BCUT2D eigenvalue weighted by Gasteiger charge is -2.21. The maximum Gasteiger partial charge on any atom is 0.305 e. The number of imidazole rings is 1. The monoisotopic (exact) mass is 541 g/mol. The molecule has 0 radical (unpaired) electrons. The maximum absolute atomic E-state index is 13.6. The lowest BCUT2D eigenvalue weighted by atomic mass is 9.87. The Morgan fingerprint density at radius 1 is 1.05 bits per heavy atom. The molecule has 2 heterocycles. The summed E-state index contributed by atoms with van der Waals surface area (Å²) in [5.74, 6) is -0.519. The van der Waals surface area contributed by atoms with Crippen molar-refractivity contribution in [3.8, 4) is 0 Å². The van der Waals surface area contributed by atoms with Gasteiger partial charge in [-0.25, -0.2) is 4.98 Å². The van der Waals surface area contributed by atoms with Crippen molar-refractivity contribution in [1.29, 1.82) is 0 Å². The number of aromatic nitrogens is 2. The molecule has 1 unspecified atom stereocenters. The molecule has 0 bridgehead atoms. The van der Waals surface area contributed by atoms with Crippen molar-refractivity contribution in [2.45, 2.75) is 57.0 Å². The minimum Gasteiger partial charge on any atom is -0.481 e. The number of amides is 1. The second kappa shape index (κ2) is 12.0. The van der Waals surface area contributed by atoms with E-state index in [1.54, 1.807) is 18.2 Å². The van der Waals surface area contributed by atoms with Crippen molar-refractivity contribution in [3.63, 3.8) is 0 Å². The highest BCUT2D eigenvalue weighted by Crippen LogP contribution is 2.37. The third-order valence-electron chi connectivity index (χ3n) is 7.38. The number of pyridine rings is 1. The summed E-state index contributed by atoms with van der Waals surface area (Å²) in [5, 5.41) is 27.1. The summed E-state index contributed by atoms with van der Waals surface area (Å²) in [6, 6.07) is 18.2. The molecule has 10 nitrogen and oxygen atoms in total. The number of anilines is 1. The second-order valence-electron chi connectivity index (χ2n) is 10.1. The van der Waals surface area contributed by atoms with Crippen LogP contribution in [0.2, 0.25) is 0 Å². The van der Waals surface area contributed by atoms with Crippen LogP contribution in [-0.4, -0.2) is 31.3 Å². The van der Waals surface area contributed by atoms with Gasteiger partial charge in [-0.15, -0.1) is 0 Å². The SMILES string of the molecule is O=C(O)CC(NC(=O)c1cccn2c(NCc3ccccc3)c(C3CCCCC3)nc12)c1cccc([N+](=O)[O-])c1. The number of nitro benzene ring substituents is 1. The number of carboxylic acid groups (broad SMARTS) is 1. The molecule has 0 spiro atoms. The number of hydrogen-bond donors (Lipinski definition) is 3. The quantitative estimate of drug-likeness (QED) is 0.169. The summed E-state index contributed by atoms with van der Waals surface area (Å²) in [6.07, 6.45) is 6.95. The van der Waals surface area contributed by atoms with E-state index >= 15 is 0 Å². The molecule has 40 heavy (non-hydrogen) atoms. The lowest BCUT2D eigenvalue weighted by molar-refractivity contribution is -0.384. The van der Waals surface area contributed by atoms with Gasteiger partial charge in [-0.1, -0.05) is 61.7 Å². The van der Waals surface area contributed by atoms with Crippen LogP contribution in [0.25, 0.3) is 5.65 Å². The number of hydrogen-bond acceptors (Lipinski definition) is 6. The Kier molecular flexibility index (Phi) is 8.04. The van der Waals surface area contributed by atoms with Gasteiger partial charge in [0.1, 0.15) is 5.82 Å². The van der Waals surface area contributed by atoms with Gasteiger partial charge >= 0.3 is 5.97 Å². The van der Waals surface area contributed by atoms with Crippen molar-refractivity contribution >= 4 is 29.0 Å².